The molecule has 1 amide bonds. The van der Waals surface area contributed by atoms with Crippen molar-refractivity contribution in [3.8, 4) is 5.75 Å². The summed E-state index contributed by atoms with van der Waals surface area (Å²) in [5, 5.41) is 5.20. The number of benzene rings is 1. The molecule has 0 unspecified atom stereocenters. The van der Waals surface area contributed by atoms with E-state index >= 15 is 0 Å². The second kappa shape index (κ2) is 6.27. The molecule has 25 heavy (non-hydrogen) atoms. The van der Waals surface area contributed by atoms with E-state index in [9.17, 15) is 4.79 Å². The summed E-state index contributed by atoms with van der Waals surface area (Å²) in [6.07, 6.45) is 7.88. The molecular formula is C19H21N3O3. The molecule has 0 saturated carbocycles. The number of furan rings is 1. The number of ether oxygens (including phenoxy) is 1. The normalized spacial score (nSPS) is 17.4. The fourth-order valence-electron chi connectivity index (χ4n) is 3.62. The summed E-state index contributed by atoms with van der Waals surface area (Å²) in [6.45, 7) is 0.794. The van der Waals surface area contributed by atoms with E-state index in [0.717, 1.165) is 47.2 Å². The summed E-state index contributed by atoms with van der Waals surface area (Å²) in [6, 6.07) is 5.81. The highest BCUT2D eigenvalue weighted by atomic mass is 16.5. The first-order chi connectivity index (χ1) is 12.2. The van der Waals surface area contributed by atoms with Gasteiger partial charge in [-0.05, 0) is 25.0 Å². The third-order valence-corrected chi connectivity index (χ3v) is 4.89. The van der Waals surface area contributed by atoms with Gasteiger partial charge < -0.3 is 14.1 Å². The van der Waals surface area contributed by atoms with E-state index in [2.05, 4.69) is 5.10 Å². The van der Waals surface area contributed by atoms with Gasteiger partial charge in [0, 0.05) is 42.4 Å². The van der Waals surface area contributed by atoms with Crippen molar-refractivity contribution < 1.29 is 13.9 Å². The van der Waals surface area contributed by atoms with Crippen molar-refractivity contribution in [1.29, 1.82) is 0 Å². The van der Waals surface area contributed by atoms with Crippen molar-refractivity contribution in [2.75, 3.05) is 13.7 Å². The van der Waals surface area contributed by atoms with Crippen LogP contribution in [-0.4, -0.2) is 34.2 Å². The molecule has 1 aliphatic rings. The van der Waals surface area contributed by atoms with Crippen molar-refractivity contribution in [1.82, 2.24) is 14.7 Å². The maximum Gasteiger partial charge on any atom is 0.227 e. The van der Waals surface area contributed by atoms with Crippen LogP contribution in [0.3, 0.4) is 0 Å². The van der Waals surface area contributed by atoms with Crippen LogP contribution < -0.4 is 4.74 Å². The lowest BCUT2D eigenvalue weighted by Gasteiger charge is -2.23. The number of rotatable bonds is 4. The minimum absolute atomic E-state index is 0.124. The lowest BCUT2D eigenvalue weighted by molar-refractivity contribution is -0.131. The molecule has 1 atom stereocenters. The Labute approximate surface area is 146 Å². The summed E-state index contributed by atoms with van der Waals surface area (Å²) in [5.41, 5.74) is 2.77. The van der Waals surface area contributed by atoms with E-state index in [1.54, 1.807) is 18.1 Å². The van der Waals surface area contributed by atoms with Gasteiger partial charge in [-0.2, -0.15) is 5.10 Å². The average molecular weight is 339 g/mol. The van der Waals surface area contributed by atoms with E-state index in [4.69, 9.17) is 9.15 Å². The van der Waals surface area contributed by atoms with Crippen LogP contribution in [0.25, 0.3) is 11.0 Å². The predicted molar refractivity (Wildman–Crippen MR) is 93.4 cm³/mol. The molecule has 1 fully saturated rings. The van der Waals surface area contributed by atoms with Crippen LogP contribution >= 0.6 is 0 Å². The smallest absolute Gasteiger partial charge is 0.227 e. The Morgan fingerprint density at radius 3 is 3.08 bits per heavy atom. The van der Waals surface area contributed by atoms with Gasteiger partial charge >= 0.3 is 0 Å². The molecule has 130 valence electrons. The third-order valence-electron chi connectivity index (χ3n) is 4.89. The first-order valence-corrected chi connectivity index (χ1v) is 8.48. The molecule has 1 aliphatic heterocycles. The molecule has 0 spiro atoms. The van der Waals surface area contributed by atoms with Crippen LogP contribution in [0.4, 0.5) is 0 Å². The second-order valence-corrected chi connectivity index (χ2v) is 6.49. The minimum Gasteiger partial charge on any atom is -0.497 e. The number of methoxy groups -OCH3 is 1. The molecule has 0 radical (unpaired) electrons. The van der Waals surface area contributed by atoms with E-state index < -0.39 is 0 Å². The van der Waals surface area contributed by atoms with Crippen LogP contribution in [0.2, 0.25) is 0 Å². The number of hydrogen-bond donors (Lipinski definition) is 0. The molecule has 3 heterocycles. The molecular weight excluding hydrogens is 318 g/mol. The summed E-state index contributed by atoms with van der Waals surface area (Å²) >= 11 is 0. The highest BCUT2D eigenvalue weighted by molar-refractivity contribution is 5.88. The number of aromatic nitrogens is 2. The standard InChI is InChI=1S/C19H21N3O3/c1-21-11-14(10-20-21)17-4-3-7-22(17)19(23)8-13-12-25-18-9-15(24-2)5-6-16(13)18/h5-6,9-12,17H,3-4,7-8H2,1-2H3/t17-/m0/s1. The van der Waals surface area contributed by atoms with Crippen LogP contribution in [0, 0.1) is 0 Å². The highest BCUT2D eigenvalue weighted by Crippen LogP contribution is 2.33. The monoisotopic (exact) mass is 339 g/mol. The largest absolute Gasteiger partial charge is 0.497 e. The lowest BCUT2D eigenvalue weighted by atomic mass is 10.1. The molecule has 6 heteroatoms. The van der Waals surface area contributed by atoms with Gasteiger partial charge in [0.25, 0.3) is 0 Å². The van der Waals surface area contributed by atoms with Gasteiger partial charge in [0.2, 0.25) is 5.91 Å². The maximum absolute atomic E-state index is 12.9. The van der Waals surface area contributed by atoms with Crippen molar-refractivity contribution in [3.63, 3.8) is 0 Å². The summed E-state index contributed by atoms with van der Waals surface area (Å²) in [4.78, 5) is 14.9. The van der Waals surface area contributed by atoms with Gasteiger partial charge in [-0.3, -0.25) is 9.48 Å². The number of amides is 1. The first-order valence-electron chi connectivity index (χ1n) is 8.48. The Morgan fingerprint density at radius 1 is 1.44 bits per heavy atom. The number of aryl methyl sites for hydroxylation is 1. The van der Waals surface area contributed by atoms with Crippen molar-refractivity contribution in [2.45, 2.75) is 25.3 Å². The van der Waals surface area contributed by atoms with Crippen molar-refractivity contribution >= 4 is 16.9 Å². The molecule has 1 saturated heterocycles. The Bertz CT molecular complexity index is 912. The molecule has 0 aliphatic carbocycles. The highest BCUT2D eigenvalue weighted by Gasteiger charge is 2.31. The Kier molecular flexibility index (Phi) is 3.95. The predicted octanol–water partition coefficient (Wildman–Crippen LogP) is 3.08. The van der Waals surface area contributed by atoms with Gasteiger partial charge in [-0.25, -0.2) is 0 Å². The summed E-state index contributed by atoms with van der Waals surface area (Å²) < 4.78 is 12.6. The zero-order valence-electron chi connectivity index (χ0n) is 14.4. The fourth-order valence-corrected chi connectivity index (χ4v) is 3.62. The Balaban J connectivity index is 1.55. The van der Waals surface area contributed by atoms with Gasteiger partial charge in [0.1, 0.15) is 11.3 Å². The van der Waals surface area contributed by atoms with Gasteiger partial charge in [-0.1, -0.05) is 0 Å². The lowest BCUT2D eigenvalue weighted by Crippen LogP contribution is -2.31. The fraction of sp³-hybridized carbons (Fsp3) is 0.368. The molecule has 0 N–H and O–H groups in total. The van der Waals surface area contributed by atoms with Crippen LogP contribution in [0.15, 0.2) is 41.3 Å². The summed E-state index contributed by atoms with van der Waals surface area (Å²) in [7, 11) is 3.52. The minimum atomic E-state index is 0.124. The Morgan fingerprint density at radius 2 is 2.32 bits per heavy atom. The van der Waals surface area contributed by atoms with Gasteiger partial charge in [-0.15, -0.1) is 0 Å². The number of fused-ring (bicyclic) bond motifs is 1. The number of likely N-dealkylation sites (tertiary alicyclic amines) is 1. The number of nitrogens with zero attached hydrogens (tertiary/aromatic N) is 3. The first kappa shape index (κ1) is 15.7. The number of carbonyl (C=O) groups excluding carboxylic acids is 1. The Hall–Kier alpha value is -2.76. The molecule has 6 nitrogen and oxygen atoms in total. The van der Waals surface area contributed by atoms with Gasteiger partial charge in [0.15, 0.2) is 0 Å². The van der Waals surface area contributed by atoms with Crippen LogP contribution in [0.5, 0.6) is 5.75 Å². The SMILES string of the molecule is COc1ccc2c(CC(=O)N3CCC[C@H]3c3cnn(C)c3)coc2c1. The third kappa shape index (κ3) is 2.88. The number of hydrogen-bond acceptors (Lipinski definition) is 4. The van der Waals surface area contributed by atoms with Crippen molar-refractivity contribution in [2.24, 2.45) is 7.05 Å². The van der Waals surface area contributed by atoms with E-state index in [1.165, 1.54) is 0 Å². The molecule has 0 bridgehead atoms. The van der Waals surface area contributed by atoms with E-state index in [1.807, 2.05) is 42.5 Å². The van der Waals surface area contributed by atoms with Crippen LogP contribution in [-0.2, 0) is 18.3 Å². The van der Waals surface area contributed by atoms with Gasteiger partial charge in [0.05, 0.1) is 32.0 Å². The zero-order chi connectivity index (χ0) is 17.4. The quantitative estimate of drug-likeness (QED) is 0.733. The average Bonchev–Trinajstić information content (AvgIpc) is 3.33. The molecule has 1 aromatic carbocycles. The molecule has 2 aromatic heterocycles. The molecule has 3 aromatic rings. The maximum atomic E-state index is 12.9. The molecule has 4 rings (SSSR count). The zero-order valence-corrected chi connectivity index (χ0v) is 14.4. The topological polar surface area (TPSA) is 60.5 Å². The van der Waals surface area contributed by atoms with E-state index in [0.29, 0.717) is 6.42 Å². The number of carbonyl (C=O) groups is 1. The van der Waals surface area contributed by atoms with Crippen LogP contribution in [0.1, 0.15) is 30.0 Å². The second-order valence-electron chi connectivity index (χ2n) is 6.49. The van der Waals surface area contributed by atoms with E-state index in [-0.39, 0.29) is 11.9 Å². The summed E-state index contributed by atoms with van der Waals surface area (Å²) in [5.74, 6) is 0.876. The van der Waals surface area contributed by atoms with Crippen molar-refractivity contribution in [3.05, 3.63) is 48.0 Å².